The Hall–Kier alpha value is -1.55. The van der Waals surface area contributed by atoms with Crippen LogP contribution in [0.5, 0.6) is 0 Å². The minimum atomic E-state index is 0. The molecule has 24 heavy (non-hydrogen) atoms. The lowest BCUT2D eigenvalue weighted by atomic mass is 10.0. The van der Waals surface area contributed by atoms with Gasteiger partial charge in [0.15, 0.2) is 0 Å². The van der Waals surface area contributed by atoms with E-state index in [0.29, 0.717) is 0 Å². The van der Waals surface area contributed by atoms with Crippen molar-refractivity contribution >= 4 is 30.5 Å². The van der Waals surface area contributed by atoms with Gasteiger partial charge in [0, 0.05) is 18.3 Å². The number of pyridine rings is 1. The van der Waals surface area contributed by atoms with E-state index in [2.05, 4.69) is 80.7 Å². The minimum absolute atomic E-state index is 0. The van der Waals surface area contributed by atoms with Crippen LogP contribution in [0.4, 0.5) is 0 Å². The van der Waals surface area contributed by atoms with Crippen molar-refractivity contribution in [3.63, 3.8) is 0 Å². The lowest BCUT2D eigenvalue weighted by Gasteiger charge is -2.12. The first-order chi connectivity index (χ1) is 10.5. The van der Waals surface area contributed by atoms with Crippen molar-refractivity contribution in [1.82, 2.24) is 14.3 Å². The summed E-state index contributed by atoms with van der Waals surface area (Å²) in [5.74, 6) is 0. The van der Waals surface area contributed by atoms with Crippen molar-refractivity contribution in [2.75, 3.05) is 14.1 Å². The first kappa shape index (κ1) is 20.5. The van der Waals surface area contributed by atoms with Gasteiger partial charge in [-0.2, -0.15) is 0 Å². The molecular weight excluding hydrogens is 341 g/mol. The van der Waals surface area contributed by atoms with Gasteiger partial charge in [-0.05, 0) is 69.8 Å². The van der Waals surface area contributed by atoms with Crippen molar-refractivity contribution in [3.8, 4) is 11.3 Å². The average Bonchev–Trinajstić information content (AvgIpc) is 2.79. The summed E-state index contributed by atoms with van der Waals surface area (Å²) >= 11 is 0. The summed E-state index contributed by atoms with van der Waals surface area (Å²) in [4.78, 5) is 7.09. The van der Waals surface area contributed by atoms with Crippen LogP contribution in [0.15, 0.2) is 36.5 Å². The normalized spacial score (nSPS) is 10.6. The summed E-state index contributed by atoms with van der Waals surface area (Å²) in [5.41, 5.74) is 8.40. The zero-order chi connectivity index (χ0) is 15.9. The Labute approximate surface area is 156 Å². The molecule has 0 aliphatic rings. The fourth-order valence-electron chi connectivity index (χ4n) is 2.77. The molecule has 0 unspecified atom stereocenters. The van der Waals surface area contributed by atoms with E-state index in [9.17, 15) is 0 Å². The van der Waals surface area contributed by atoms with Gasteiger partial charge in [0.1, 0.15) is 5.65 Å². The number of halogens is 2. The number of hydrogen-bond acceptors (Lipinski definition) is 2. The number of nitrogens with zero attached hydrogens (tertiary/aromatic N) is 3. The third-order valence-corrected chi connectivity index (χ3v) is 4.13. The lowest BCUT2D eigenvalue weighted by molar-refractivity contribution is 0.396. The fraction of sp³-hybridized carbons (Fsp3) is 0.316. The highest BCUT2D eigenvalue weighted by Gasteiger charge is 2.15. The van der Waals surface area contributed by atoms with Crippen LogP contribution >= 0.6 is 24.8 Å². The van der Waals surface area contributed by atoms with Crippen molar-refractivity contribution in [2.24, 2.45) is 0 Å². The Morgan fingerprint density at radius 2 is 1.67 bits per heavy atom. The molecule has 3 nitrogen and oxygen atoms in total. The van der Waals surface area contributed by atoms with Gasteiger partial charge >= 0.3 is 0 Å². The molecule has 3 rings (SSSR count). The molecule has 2 heterocycles. The monoisotopic (exact) mass is 365 g/mol. The predicted octanol–water partition coefficient (Wildman–Crippen LogP) is 4.83. The molecular formula is C19H25Cl2N3. The summed E-state index contributed by atoms with van der Waals surface area (Å²) in [6, 6.07) is 10.9. The van der Waals surface area contributed by atoms with Crippen LogP contribution in [0.2, 0.25) is 0 Å². The van der Waals surface area contributed by atoms with Crippen molar-refractivity contribution in [2.45, 2.75) is 27.3 Å². The number of aryl methyl sites for hydroxylation is 3. The number of fused-ring (bicyclic) bond motifs is 1. The largest absolute Gasteiger partial charge is 0.304 e. The second kappa shape index (κ2) is 8.02. The number of imidazole rings is 1. The van der Waals surface area contributed by atoms with E-state index < -0.39 is 0 Å². The van der Waals surface area contributed by atoms with E-state index in [1.165, 1.54) is 27.9 Å². The fourth-order valence-corrected chi connectivity index (χ4v) is 2.77. The van der Waals surface area contributed by atoms with Crippen LogP contribution in [0.25, 0.3) is 16.9 Å². The Morgan fingerprint density at radius 1 is 0.958 bits per heavy atom. The molecule has 3 aromatic rings. The summed E-state index contributed by atoms with van der Waals surface area (Å²) < 4.78 is 2.21. The van der Waals surface area contributed by atoms with Gasteiger partial charge in [-0.25, -0.2) is 4.98 Å². The summed E-state index contributed by atoms with van der Waals surface area (Å²) in [6.07, 6.45) is 2.13. The third kappa shape index (κ3) is 3.92. The van der Waals surface area contributed by atoms with Gasteiger partial charge in [0.05, 0.1) is 11.4 Å². The molecule has 0 atom stereocenters. The topological polar surface area (TPSA) is 20.5 Å². The molecule has 0 saturated heterocycles. The van der Waals surface area contributed by atoms with Gasteiger partial charge in [0.25, 0.3) is 0 Å². The SMILES string of the molecule is Cc1ccn2c(CN(C)C)c(-c3ccc(C)c(C)c3)nc2c1.Cl.Cl. The van der Waals surface area contributed by atoms with Crippen LogP contribution in [-0.2, 0) is 6.54 Å². The Bertz CT molecular complexity index is 838. The van der Waals surface area contributed by atoms with E-state index in [1.807, 2.05) is 0 Å². The molecule has 0 spiro atoms. The molecule has 5 heteroatoms. The molecule has 0 N–H and O–H groups in total. The smallest absolute Gasteiger partial charge is 0.137 e. The van der Waals surface area contributed by atoms with Gasteiger partial charge < -0.3 is 9.30 Å². The van der Waals surface area contributed by atoms with Gasteiger partial charge in [-0.15, -0.1) is 24.8 Å². The Morgan fingerprint density at radius 3 is 2.29 bits per heavy atom. The molecule has 0 radical (unpaired) electrons. The Kier molecular flexibility index (Phi) is 6.85. The molecule has 0 bridgehead atoms. The van der Waals surface area contributed by atoms with Crippen LogP contribution in [0.1, 0.15) is 22.4 Å². The zero-order valence-corrected chi connectivity index (χ0v) is 16.5. The second-order valence-corrected chi connectivity index (χ2v) is 6.38. The average molecular weight is 366 g/mol. The first-order valence-corrected chi connectivity index (χ1v) is 7.65. The molecule has 1 aromatic carbocycles. The summed E-state index contributed by atoms with van der Waals surface area (Å²) in [7, 11) is 4.19. The van der Waals surface area contributed by atoms with E-state index in [0.717, 1.165) is 17.9 Å². The van der Waals surface area contributed by atoms with Crippen molar-refractivity contribution in [3.05, 3.63) is 58.9 Å². The molecule has 0 amide bonds. The first-order valence-electron chi connectivity index (χ1n) is 7.65. The quantitative estimate of drug-likeness (QED) is 0.662. The Balaban J connectivity index is 0.00000144. The number of benzene rings is 1. The molecule has 2 aromatic heterocycles. The van der Waals surface area contributed by atoms with E-state index >= 15 is 0 Å². The van der Waals surface area contributed by atoms with Crippen LogP contribution < -0.4 is 0 Å². The van der Waals surface area contributed by atoms with Gasteiger partial charge in [-0.1, -0.05) is 12.1 Å². The molecule has 0 aliphatic heterocycles. The van der Waals surface area contributed by atoms with Crippen LogP contribution in [-0.4, -0.2) is 28.4 Å². The number of rotatable bonds is 3. The number of aromatic nitrogens is 2. The maximum absolute atomic E-state index is 4.90. The standard InChI is InChI=1S/C19H23N3.2ClH/c1-13-8-9-22-17(12-21(4)5)19(20-18(22)10-13)16-7-6-14(2)15(3)11-16;;/h6-11H,12H2,1-5H3;2*1H. The highest BCUT2D eigenvalue weighted by atomic mass is 35.5. The molecule has 0 fully saturated rings. The van der Waals surface area contributed by atoms with Crippen molar-refractivity contribution < 1.29 is 0 Å². The van der Waals surface area contributed by atoms with Gasteiger partial charge in [-0.3, -0.25) is 0 Å². The molecule has 0 saturated carbocycles. The summed E-state index contributed by atoms with van der Waals surface area (Å²) in [6.45, 7) is 7.28. The van der Waals surface area contributed by atoms with E-state index in [4.69, 9.17) is 4.98 Å². The maximum Gasteiger partial charge on any atom is 0.137 e. The highest BCUT2D eigenvalue weighted by molar-refractivity contribution is 5.85. The maximum atomic E-state index is 4.90. The molecule has 0 aliphatic carbocycles. The minimum Gasteiger partial charge on any atom is -0.304 e. The van der Waals surface area contributed by atoms with E-state index in [-0.39, 0.29) is 24.8 Å². The van der Waals surface area contributed by atoms with Crippen LogP contribution in [0, 0.1) is 20.8 Å². The van der Waals surface area contributed by atoms with E-state index in [1.54, 1.807) is 0 Å². The van der Waals surface area contributed by atoms with Crippen molar-refractivity contribution in [1.29, 1.82) is 0 Å². The third-order valence-electron chi connectivity index (χ3n) is 4.13. The van der Waals surface area contributed by atoms with Gasteiger partial charge in [0.2, 0.25) is 0 Å². The summed E-state index contributed by atoms with van der Waals surface area (Å²) in [5, 5.41) is 0. The van der Waals surface area contributed by atoms with Crippen LogP contribution in [0.3, 0.4) is 0 Å². The number of hydrogen-bond donors (Lipinski definition) is 0. The molecule has 130 valence electrons. The highest BCUT2D eigenvalue weighted by Crippen LogP contribution is 2.27. The predicted molar refractivity (Wildman–Crippen MR) is 107 cm³/mol. The lowest BCUT2D eigenvalue weighted by Crippen LogP contribution is -2.13. The second-order valence-electron chi connectivity index (χ2n) is 6.38. The zero-order valence-electron chi connectivity index (χ0n) is 14.8.